The van der Waals surface area contributed by atoms with Gasteiger partial charge in [0.1, 0.15) is 0 Å². The van der Waals surface area contributed by atoms with Crippen LogP contribution in [-0.4, -0.2) is 10.9 Å². The maximum Gasteiger partial charge on any atom is 0.192 e. The molecule has 4 N–H and O–H groups in total. The van der Waals surface area contributed by atoms with E-state index in [0.29, 0.717) is 5.13 Å². The number of hydrogen-bond acceptors (Lipinski definition) is 3. The van der Waals surface area contributed by atoms with E-state index < -0.39 is 0 Å². The molecular formula is C6H10N4S. The topological polar surface area (TPSA) is 74.8 Å². The summed E-state index contributed by atoms with van der Waals surface area (Å²) >= 11 is 1.50. The monoisotopic (exact) mass is 170 g/mol. The van der Waals surface area contributed by atoms with E-state index in [-0.39, 0.29) is 5.96 Å². The van der Waals surface area contributed by atoms with Gasteiger partial charge in [0.25, 0.3) is 0 Å². The van der Waals surface area contributed by atoms with E-state index in [2.05, 4.69) is 10.3 Å². The fourth-order valence-corrected chi connectivity index (χ4v) is 1.47. The molecule has 1 heterocycles. The highest BCUT2D eigenvalue weighted by Crippen LogP contribution is 2.20. The maximum absolute atomic E-state index is 6.94. The van der Waals surface area contributed by atoms with E-state index in [1.54, 1.807) is 0 Å². The SMILES string of the molecule is Cc1nc(NC(=N)N)sc1C. The lowest BCUT2D eigenvalue weighted by Gasteiger charge is -1.94. The molecule has 1 aromatic heterocycles. The highest BCUT2D eigenvalue weighted by atomic mass is 32.1. The van der Waals surface area contributed by atoms with Crippen LogP contribution in [-0.2, 0) is 0 Å². The van der Waals surface area contributed by atoms with Gasteiger partial charge in [-0.15, -0.1) is 11.3 Å². The molecule has 1 aromatic rings. The van der Waals surface area contributed by atoms with Gasteiger partial charge in [-0.1, -0.05) is 0 Å². The summed E-state index contributed by atoms with van der Waals surface area (Å²) in [6, 6.07) is 0. The van der Waals surface area contributed by atoms with Gasteiger partial charge in [-0.2, -0.15) is 0 Å². The predicted octanol–water partition coefficient (Wildman–Crippen LogP) is 1.07. The largest absolute Gasteiger partial charge is 0.370 e. The molecule has 0 amide bonds. The summed E-state index contributed by atoms with van der Waals surface area (Å²) in [6.45, 7) is 3.91. The first kappa shape index (κ1) is 8.00. The van der Waals surface area contributed by atoms with Gasteiger partial charge in [-0.05, 0) is 13.8 Å². The lowest BCUT2D eigenvalue weighted by Crippen LogP contribution is -2.20. The number of rotatable bonds is 1. The molecule has 0 aliphatic carbocycles. The number of hydrogen-bond donors (Lipinski definition) is 3. The molecule has 1 rings (SSSR count). The van der Waals surface area contributed by atoms with Gasteiger partial charge in [0.2, 0.25) is 0 Å². The van der Waals surface area contributed by atoms with Crippen molar-refractivity contribution < 1.29 is 0 Å². The fourth-order valence-electron chi connectivity index (χ4n) is 0.641. The molecule has 0 radical (unpaired) electrons. The van der Waals surface area contributed by atoms with Crippen LogP contribution in [0.5, 0.6) is 0 Å². The van der Waals surface area contributed by atoms with Crippen molar-refractivity contribution in [3.63, 3.8) is 0 Å². The van der Waals surface area contributed by atoms with Gasteiger partial charge in [0.15, 0.2) is 11.1 Å². The Morgan fingerprint density at radius 3 is 2.64 bits per heavy atom. The number of guanidine groups is 1. The van der Waals surface area contributed by atoms with Gasteiger partial charge >= 0.3 is 0 Å². The Morgan fingerprint density at radius 2 is 2.27 bits per heavy atom. The highest BCUT2D eigenvalue weighted by Gasteiger charge is 2.02. The maximum atomic E-state index is 6.94. The summed E-state index contributed by atoms with van der Waals surface area (Å²) in [5.74, 6) is -0.0706. The van der Waals surface area contributed by atoms with Crippen molar-refractivity contribution in [1.82, 2.24) is 4.98 Å². The van der Waals surface area contributed by atoms with Gasteiger partial charge < -0.3 is 11.1 Å². The molecule has 5 heteroatoms. The molecule has 0 bridgehead atoms. The molecule has 0 fully saturated rings. The summed E-state index contributed by atoms with van der Waals surface area (Å²) in [5.41, 5.74) is 6.11. The van der Waals surface area contributed by atoms with Crippen LogP contribution in [0.4, 0.5) is 5.13 Å². The first-order valence-electron chi connectivity index (χ1n) is 3.14. The van der Waals surface area contributed by atoms with Crippen molar-refractivity contribution >= 4 is 22.4 Å². The van der Waals surface area contributed by atoms with Crippen molar-refractivity contribution in [3.8, 4) is 0 Å². The lowest BCUT2D eigenvalue weighted by atomic mass is 10.4. The minimum Gasteiger partial charge on any atom is -0.370 e. The van der Waals surface area contributed by atoms with Crippen LogP contribution >= 0.6 is 11.3 Å². The van der Waals surface area contributed by atoms with E-state index in [4.69, 9.17) is 11.1 Å². The lowest BCUT2D eigenvalue weighted by molar-refractivity contribution is 1.23. The van der Waals surface area contributed by atoms with Gasteiger partial charge in [-0.25, -0.2) is 4.98 Å². The summed E-state index contributed by atoms with van der Waals surface area (Å²) in [4.78, 5) is 5.28. The van der Waals surface area contributed by atoms with E-state index in [0.717, 1.165) is 10.6 Å². The molecule has 0 atom stereocenters. The molecule has 0 unspecified atom stereocenters. The van der Waals surface area contributed by atoms with Gasteiger partial charge in [0.05, 0.1) is 5.69 Å². The third-order valence-electron chi connectivity index (χ3n) is 1.27. The second-order valence-electron chi connectivity index (χ2n) is 2.20. The molecule has 0 aromatic carbocycles. The molecule has 0 aliphatic heterocycles. The fraction of sp³-hybridized carbons (Fsp3) is 0.333. The number of aryl methyl sites for hydroxylation is 2. The van der Waals surface area contributed by atoms with Crippen molar-refractivity contribution in [2.24, 2.45) is 5.73 Å². The van der Waals surface area contributed by atoms with Crippen LogP contribution in [0.3, 0.4) is 0 Å². The van der Waals surface area contributed by atoms with Crippen molar-refractivity contribution in [3.05, 3.63) is 10.6 Å². The second-order valence-corrected chi connectivity index (χ2v) is 3.40. The smallest absolute Gasteiger partial charge is 0.192 e. The summed E-state index contributed by atoms with van der Waals surface area (Å²) in [7, 11) is 0. The summed E-state index contributed by atoms with van der Waals surface area (Å²) in [5, 5.41) is 10.3. The van der Waals surface area contributed by atoms with Crippen LogP contribution in [0, 0.1) is 19.3 Å². The zero-order valence-electron chi connectivity index (χ0n) is 6.43. The molecular weight excluding hydrogens is 160 g/mol. The van der Waals surface area contributed by atoms with Gasteiger partial charge in [-0.3, -0.25) is 5.41 Å². The number of thiazole rings is 1. The predicted molar refractivity (Wildman–Crippen MR) is 47.1 cm³/mol. The van der Waals surface area contributed by atoms with Crippen molar-refractivity contribution in [2.45, 2.75) is 13.8 Å². The number of nitrogens with two attached hydrogens (primary N) is 1. The quantitative estimate of drug-likeness (QED) is 0.436. The van der Waals surface area contributed by atoms with Crippen LogP contribution in [0.2, 0.25) is 0 Å². The molecule has 0 saturated heterocycles. The van der Waals surface area contributed by atoms with Crippen molar-refractivity contribution in [2.75, 3.05) is 5.32 Å². The minimum atomic E-state index is -0.0706. The van der Waals surface area contributed by atoms with E-state index >= 15 is 0 Å². The van der Waals surface area contributed by atoms with Crippen molar-refractivity contribution in [1.29, 1.82) is 5.41 Å². The van der Waals surface area contributed by atoms with Crippen LogP contribution in [0.25, 0.3) is 0 Å². The summed E-state index contributed by atoms with van der Waals surface area (Å²) < 4.78 is 0. The Labute approximate surface area is 69.0 Å². The summed E-state index contributed by atoms with van der Waals surface area (Å²) in [6.07, 6.45) is 0. The Bertz CT molecular complexity index is 259. The molecule has 0 spiro atoms. The highest BCUT2D eigenvalue weighted by molar-refractivity contribution is 7.15. The molecule has 11 heavy (non-hydrogen) atoms. The Balaban J connectivity index is 2.81. The normalized spacial score (nSPS) is 9.64. The minimum absolute atomic E-state index is 0.0706. The molecule has 60 valence electrons. The average Bonchev–Trinajstić information content (AvgIpc) is 2.10. The third-order valence-corrected chi connectivity index (χ3v) is 2.26. The number of nitrogens with one attached hydrogen (secondary N) is 2. The zero-order chi connectivity index (χ0) is 8.43. The zero-order valence-corrected chi connectivity index (χ0v) is 7.25. The van der Waals surface area contributed by atoms with E-state index in [1.165, 1.54) is 11.3 Å². The number of nitrogens with zero attached hydrogens (tertiary/aromatic N) is 1. The van der Waals surface area contributed by atoms with Crippen LogP contribution in [0.1, 0.15) is 10.6 Å². The molecule has 0 saturated carbocycles. The molecule has 0 aliphatic rings. The first-order chi connectivity index (χ1) is 5.09. The van der Waals surface area contributed by atoms with Crippen LogP contribution in [0.15, 0.2) is 0 Å². The van der Waals surface area contributed by atoms with Gasteiger partial charge in [0, 0.05) is 4.88 Å². The second kappa shape index (κ2) is 2.87. The average molecular weight is 170 g/mol. The first-order valence-corrected chi connectivity index (χ1v) is 3.96. The van der Waals surface area contributed by atoms with E-state index in [9.17, 15) is 0 Å². The Kier molecular flexibility index (Phi) is 2.09. The standard InChI is InChI=1S/C6H10N4S/c1-3-4(2)11-6(9-3)10-5(7)8/h1-2H3,(H4,7,8,9,10). The van der Waals surface area contributed by atoms with Crippen LogP contribution < -0.4 is 11.1 Å². The van der Waals surface area contributed by atoms with E-state index in [1.807, 2.05) is 13.8 Å². The molecule has 4 nitrogen and oxygen atoms in total. The number of anilines is 1. The Hall–Kier alpha value is -1.10. The Morgan fingerprint density at radius 1 is 1.64 bits per heavy atom. The number of aromatic nitrogens is 1. The third kappa shape index (κ3) is 1.91.